The van der Waals surface area contributed by atoms with Gasteiger partial charge in [-0.05, 0) is 19.3 Å². The molecule has 2 aliphatic rings. The van der Waals surface area contributed by atoms with E-state index in [2.05, 4.69) is 20.8 Å². The molecule has 0 saturated carbocycles. The van der Waals surface area contributed by atoms with Crippen LogP contribution in [0.15, 0.2) is 30.3 Å². The molecule has 1 unspecified atom stereocenters. The largest absolute Gasteiger partial charge is 0.344 e. The third-order valence-corrected chi connectivity index (χ3v) is 4.48. The van der Waals surface area contributed by atoms with E-state index in [1.807, 2.05) is 30.3 Å². The van der Waals surface area contributed by atoms with Crippen LogP contribution in [0.5, 0.6) is 0 Å². The van der Waals surface area contributed by atoms with Gasteiger partial charge in [0.25, 0.3) is 0 Å². The van der Waals surface area contributed by atoms with Gasteiger partial charge in [-0.3, -0.25) is 0 Å². The van der Waals surface area contributed by atoms with E-state index in [-0.39, 0.29) is 12.4 Å². The van der Waals surface area contributed by atoms with Gasteiger partial charge in [0.2, 0.25) is 0 Å². The highest BCUT2D eigenvalue weighted by Crippen LogP contribution is 2.45. The Balaban J connectivity index is 1.77. The van der Waals surface area contributed by atoms with Crippen LogP contribution in [0.4, 0.5) is 0 Å². The highest BCUT2D eigenvalue weighted by Gasteiger charge is 2.51. The number of hydrogen-bond donors (Lipinski definition) is 0. The van der Waals surface area contributed by atoms with Crippen LogP contribution in [-0.2, 0) is 14.2 Å². The summed E-state index contributed by atoms with van der Waals surface area (Å²) in [4.78, 5) is 0. The Morgan fingerprint density at radius 3 is 2.53 bits per heavy atom. The molecule has 0 aliphatic carbocycles. The summed E-state index contributed by atoms with van der Waals surface area (Å²) in [5, 5.41) is 0. The Kier molecular flexibility index (Phi) is 3.37. The van der Waals surface area contributed by atoms with Crippen LogP contribution in [-0.4, -0.2) is 18.5 Å². The average Bonchev–Trinajstić information content (AvgIpc) is 2.83. The molecule has 1 aromatic rings. The van der Waals surface area contributed by atoms with Gasteiger partial charge < -0.3 is 14.2 Å². The number of ether oxygens (including phenoxy) is 3. The number of rotatable bonds is 1. The first-order chi connectivity index (χ1) is 9.11. The molecule has 19 heavy (non-hydrogen) atoms. The van der Waals surface area contributed by atoms with Crippen molar-refractivity contribution < 1.29 is 14.2 Å². The lowest BCUT2D eigenvalue weighted by atomic mass is 9.84. The molecule has 0 aromatic heterocycles. The van der Waals surface area contributed by atoms with Crippen molar-refractivity contribution in [2.24, 2.45) is 11.8 Å². The van der Waals surface area contributed by atoms with Crippen LogP contribution >= 0.6 is 0 Å². The molecule has 3 rings (SSSR count). The standard InChI is InChI=1S/C16H22O3/c1-11-9-12(2)16(18-13(11)3)10-17-15(19-16)14-7-5-4-6-8-14/h4-8,11-13,15H,9-10H2,1-3H3/t11-,12+,13+,15?,16+/m0/s1. The molecule has 5 atom stereocenters. The molecule has 3 nitrogen and oxygen atoms in total. The Morgan fingerprint density at radius 2 is 1.79 bits per heavy atom. The Labute approximate surface area is 114 Å². The van der Waals surface area contributed by atoms with Crippen LogP contribution in [0.2, 0.25) is 0 Å². The minimum atomic E-state index is -0.563. The number of benzene rings is 1. The first kappa shape index (κ1) is 13.1. The van der Waals surface area contributed by atoms with Gasteiger partial charge in [-0.2, -0.15) is 0 Å². The maximum Gasteiger partial charge on any atom is 0.198 e. The van der Waals surface area contributed by atoms with Crippen molar-refractivity contribution in [2.45, 2.75) is 45.4 Å². The lowest BCUT2D eigenvalue weighted by molar-refractivity contribution is -0.298. The summed E-state index contributed by atoms with van der Waals surface area (Å²) in [6, 6.07) is 10.1. The van der Waals surface area contributed by atoms with Gasteiger partial charge in [0.1, 0.15) is 6.61 Å². The van der Waals surface area contributed by atoms with Crippen molar-refractivity contribution in [1.82, 2.24) is 0 Å². The lowest BCUT2D eigenvalue weighted by Crippen LogP contribution is -2.50. The molecule has 0 bridgehead atoms. The smallest absolute Gasteiger partial charge is 0.198 e. The fourth-order valence-electron chi connectivity index (χ4n) is 3.01. The van der Waals surface area contributed by atoms with Gasteiger partial charge in [0, 0.05) is 11.5 Å². The van der Waals surface area contributed by atoms with E-state index in [9.17, 15) is 0 Å². The summed E-state index contributed by atoms with van der Waals surface area (Å²) in [6.45, 7) is 7.07. The first-order valence-corrected chi connectivity index (χ1v) is 7.13. The second kappa shape index (κ2) is 4.89. The van der Waals surface area contributed by atoms with Crippen molar-refractivity contribution in [1.29, 1.82) is 0 Å². The molecule has 1 aromatic carbocycles. The molecule has 104 valence electrons. The van der Waals surface area contributed by atoms with E-state index >= 15 is 0 Å². The molecular formula is C16H22O3. The quantitative estimate of drug-likeness (QED) is 0.775. The van der Waals surface area contributed by atoms with Crippen LogP contribution in [0.3, 0.4) is 0 Å². The molecule has 1 spiro atoms. The minimum absolute atomic E-state index is 0.217. The molecular weight excluding hydrogens is 240 g/mol. The summed E-state index contributed by atoms with van der Waals surface area (Å²) in [7, 11) is 0. The number of hydrogen-bond acceptors (Lipinski definition) is 3. The van der Waals surface area contributed by atoms with Crippen LogP contribution < -0.4 is 0 Å². The molecule has 2 aliphatic heterocycles. The van der Waals surface area contributed by atoms with Crippen molar-refractivity contribution in [3.63, 3.8) is 0 Å². The molecule has 2 fully saturated rings. The zero-order valence-electron chi connectivity index (χ0n) is 11.8. The maximum atomic E-state index is 6.16. The predicted molar refractivity (Wildman–Crippen MR) is 72.4 cm³/mol. The lowest BCUT2D eigenvalue weighted by Gasteiger charge is -2.43. The van der Waals surface area contributed by atoms with Crippen molar-refractivity contribution in [2.75, 3.05) is 6.61 Å². The van der Waals surface area contributed by atoms with Crippen LogP contribution in [0, 0.1) is 11.8 Å². The van der Waals surface area contributed by atoms with Crippen LogP contribution in [0.25, 0.3) is 0 Å². The molecule has 0 N–H and O–H groups in total. The van der Waals surface area contributed by atoms with Gasteiger partial charge in [0.05, 0.1) is 6.10 Å². The summed E-state index contributed by atoms with van der Waals surface area (Å²) in [5.41, 5.74) is 1.06. The summed E-state index contributed by atoms with van der Waals surface area (Å²) < 4.78 is 18.2. The van der Waals surface area contributed by atoms with E-state index in [0.717, 1.165) is 12.0 Å². The van der Waals surface area contributed by atoms with Gasteiger partial charge in [-0.25, -0.2) is 0 Å². The second-order valence-corrected chi connectivity index (χ2v) is 5.92. The minimum Gasteiger partial charge on any atom is -0.344 e. The van der Waals surface area contributed by atoms with Gasteiger partial charge in [-0.1, -0.05) is 44.2 Å². The zero-order valence-corrected chi connectivity index (χ0v) is 11.8. The van der Waals surface area contributed by atoms with Gasteiger partial charge >= 0.3 is 0 Å². The first-order valence-electron chi connectivity index (χ1n) is 7.13. The van der Waals surface area contributed by atoms with Crippen molar-refractivity contribution in [3.8, 4) is 0 Å². The SMILES string of the molecule is C[C@@H]1C[C@H](C)[C@@H](C)O[C@@]12COC(c1ccccc1)O2. The average molecular weight is 262 g/mol. The van der Waals surface area contributed by atoms with Crippen LogP contribution in [0.1, 0.15) is 39.0 Å². The normalized spacial score (nSPS) is 42.7. The third kappa shape index (κ3) is 2.31. The van der Waals surface area contributed by atoms with Gasteiger partial charge in [0.15, 0.2) is 12.1 Å². The summed E-state index contributed by atoms with van der Waals surface area (Å²) >= 11 is 0. The molecule has 0 radical (unpaired) electrons. The third-order valence-electron chi connectivity index (χ3n) is 4.48. The fraction of sp³-hybridized carbons (Fsp3) is 0.625. The molecule has 3 heteroatoms. The van der Waals surface area contributed by atoms with Gasteiger partial charge in [-0.15, -0.1) is 0 Å². The van der Waals surface area contributed by atoms with E-state index in [4.69, 9.17) is 14.2 Å². The highest BCUT2D eigenvalue weighted by molar-refractivity contribution is 5.17. The summed E-state index contributed by atoms with van der Waals surface area (Å²) in [6.07, 6.45) is 1.03. The molecule has 2 saturated heterocycles. The van der Waals surface area contributed by atoms with E-state index in [1.165, 1.54) is 0 Å². The van der Waals surface area contributed by atoms with E-state index in [0.29, 0.717) is 18.4 Å². The van der Waals surface area contributed by atoms with Crippen molar-refractivity contribution in [3.05, 3.63) is 35.9 Å². The Morgan fingerprint density at radius 1 is 1.05 bits per heavy atom. The topological polar surface area (TPSA) is 27.7 Å². The summed E-state index contributed by atoms with van der Waals surface area (Å²) in [5.74, 6) is 0.360. The predicted octanol–water partition coefficient (Wildman–Crippen LogP) is 3.51. The fourth-order valence-corrected chi connectivity index (χ4v) is 3.01. The second-order valence-electron chi connectivity index (χ2n) is 5.92. The Hall–Kier alpha value is -0.900. The maximum absolute atomic E-state index is 6.16. The monoisotopic (exact) mass is 262 g/mol. The van der Waals surface area contributed by atoms with Crippen molar-refractivity contribution >= 4 is 0 Å². The molecule has 0 amide bonds. The zero-order chi connectivity index (χ0) is 13.5. The van der Waals surface area contributed by atoms with E-state index < -0.39 is 5.79 Å². The highest BCUT2D eigenvalue weighted by atomic mass is 16.8. The van der Waals surface area contributed by atoms with E-state index in [1.54, 1.807) is 0 Å². The Bertz CT molecular complexity index is 433. The molecule has 2 heterocycles.